The topological polar surface area (TPSA) is 65.6 Å². The van der Waals surface area contributed by atoms with Crippen LogP contribution >= 0.6 is 0 Å². The number of aromatic amines is 1. The van der Waals surface area contributed by atoms with Crippen LogP contribution in [-0.4, -0.2) is 52.3 Å². The van der Waals surface area contributed by atoms with Gasteiger partial charge in [-0.1, -0.05) is 30.3 Å². The third-order valence-electron chi connectivity index (χ3n) is 7.02. The van der Waals surface area contributed by atoms with Crippen LogP contribution in [0.1, 0.15) is 42.6 Å². The number of ether oxygens (including phenoxy) is 1. The molecule has 3 heterocycles. The van der Waals surface area contributed by atoms with Gasteiger partial charge in [0.25, 0.3) is 0 Å². The highest BCUT2D eigenvalue weighted by atomic mass is 16.5. The summed E-state index contributed by atoms with van der Waals surface area (Å²) < 4.78 is 5.62. The van der Waals surface area contributed by atoms with Gasteiger partial charge in [0.05, 0.1) is 19.2 Å². The molecule has 2 atom stereocenters. The molecule has 6 rings (SSSR count). The number of carbonyl (C=O) groups is 2. The quantitative estimate of drug-likeness (QED) is 0.673. The minimum absolute atomic E-state index is 0.0263. The summed E-state index contributed by atoms with van der Waals surface area (Å²) in [5.41, 5.74) is 4.20. The van der Waals surface area contributed by atoms with Gasteiger partial charge in [-0.05, 0) is 55.0 Å². The molecule has 0 bridgehead atoms. The number of amides is 2. The highest BCUT2D eigenvalue weighted by Crippen LogP contribution is 2.43. The Morgan fingerprint density at radius 1 is 1.06 bits per heavy atom. The first-order valence-electron chi connectivity index (χ1n) is 11.6. The Morgan fingerprint density at radius 2 is 1.84 bits per heavy atom. The molecular weight excluding hydrogens is 402 g/mol. The summed E-state index contributed by atoms with van der Waals surface area (Å²) in [6.07, 6.45) is 2.88. The van der Waals surface area contributed by atoms with E-state index in [9.17, 15) is 9.59 Å². The number of aromatic nitrogens is 1. The molecule has 0 unspecified atom stereocenters. The molecule has 2 aliphatic heterocycles. The highest BCUT2D eigenvalue weighted by Gasteiger charge is 2.48. The van der Waals surface area contributed by atoms with Crippen LogP contribution in [0.5, 0.6) is 5.75 Å². The van der Waals surface area contributed by atoms with E-state index in [0.717, 1.165) is 46.3 Å². The Bertz CT molecular complexity index is 1190. The van der Waals surface area contributed by atoms with Gasteiger partial charge in [-0.15, -0.1) is 0 Å². The number of nitrogens with zero attached hydrogens (tertiary/aromatic N) is 2. The van der Waals surface area contributed by atoms with Crippen LogP contribution in [-0.2, 0) is 16.0 Å². The molecule has 0 radical (unpaired) electrons. The number of nitrogens with one attached hydrogen (secondary N) is 1. The van der Waals surface area contributed by atoms with Gasteiger partial charge in [0.15, 0.2) is 0 Å². The van der Waals surface area contributed by atoms with Crippen molar-refractivity contribution >= 4 is 22.7 Å². The highest BCUT2D eigenvalue weighted by molar-refractivity contribution is 5.97. The zero-order valence-electron chi connectivity index (χ0n) is 18.2. The Kier molecular flexibility index (Phi) is 4.49. The number of hydrogen-bond acceptors (Lipinski definition) is 3. The average Bonchev–Trinajstić information content (AvgIpc) is 3.55. The molecule has 3 aromatic rings. The van der Waals surface area contributed by atoms with E-state index in [4.69, 9.17) is 4.74 Å². The number of fused-ring (bicyclic) bond motifs is 4. The maximum atomic E-state index is 13.6. The third-order valence-corrected chi connectivity index (χ3v) is 7.02. The first-order valence-corrected chi connectivity index (χ1v) is 11.6. The summed E-state index contributed by atoms with van der Waals surface area (Å²) in [4.78, 5) is 34.2. The molecule has 1 saturated heterocycles. The van der Waals surface area contributed by atoms with Gasteiger partial charge in [0.1, 0.15) is 11.8 Å². The Labute approximate surface area is 187 Å². The van der Waals surface area contributed by atoms with Crippen molar-refractivity contribution in [2.24, 2.45) is 5.92 Å². The number of H-pyrrole nitrogens is 1. The first kappa shape index (κ1) is 19.4. The molecule has 164 valence electrons. The van der Waals surface area contributed by atoms with Gasteiger partial charge in [-0.25, -0.2) is 0 Å². The first-order chi connectivity index (χ1) is 15.6. The minimum atomic E-state index is -0.460. The van der Waals surface area contributed by atoms with E-state index >= 15 is 0 Å². The van der Waals surface area contributed by atoms with Crippen LogP contribution in [0.25, 0.3) is 10.9 Å². The molecule has 1 saturated carbocycles. The van der Waals surface area contributed by atoms with Crippen LogP contribution in [0.15, 0.2) is 48.5 Å². The number of benzene rings is 2. The predicted octanol–water partition coefficient (Wildman–Crippen LogP) is 3.66. The molecule has 1 aliphatic carbocycles. The van der Waals surface area contributed by atoms with Gasteiger partial charge in [-0.3, -0.25) is 9.59 Å². The molecule has 1 aromatic heterocycles. The second-order valence-electron chi connectivity index (χ2n) is 9.15. The smallest absolute Gasteiger partial charge is 0.246 e. The number of carbonyl (C=O) groups excluding carboxylic acids is 2. The summed E-state index contributed by atoms with van der Waals surface area (Å²) in [6, 6.07) is 15.4. The Morgan fingerprint density at radius 3 is 2.59 bits per heavy atom. The van der Waals surface area contributed by atoms with Crippen LogP contribution in [0, 0.1) is 5.92 Å². The molecule has 32 heavy (non-hydrogen) atoms. The lowest BCUT2D eigenvalue weighted by atomic mass is 9.86. The van der Waals surface area contributed by atoms with E-state index in [1.165, 1.54) is 0 Å². The lowest BCUT2D eigenvalue weighted by Crippen LogP contribution is -2.63. The van der Waals surface area contributed by atoms with Crippen LogP contribution in [0.3, 0.4) is 0 Å². The Balaban J connectivity index is 1.47. The summed E-state index contributed by atoms with van der Waals surface area (Å²) in [7, 11) is 0. The number of piperazine rings is 1. The van der Waals surface area contributed by atoms with Crippen LogP contribution < -0.4 is 4.74 Å². The fourth-order valence-corrected chi connectivity index (χ4v) is 5.35. The van der Waals surface area contributed by atoms with E-state index in [0.29, 0.717) is 25.5 Å². The van der Waals surface area contributed by atoms with Gasteiger partial charge in [0, 0.05) is 29.6 Å². The maximum absolute atomic E-state index is 13.6. The minimum Gasteiger partial charge on any atom is -0.494 e. The summed E-state index contributed by atoms with van der Waals surface area (Å²) >= 11 is 0. The van der Waals surface area contributed by atoms with E-state index in [1.807, 2.05) is 48.2 Å². The van der Waals surface area contributed by atoms with Gasteiger partial charge >= 0.3 is 0 Å². The molecule has 6 nitrogen and oxygen atoms in total. The maximum Gasteiger partial charge on any atom is 0.246 e. The summed E-state index contributed by atoms with van der Waals surface area (Å²) in [5.74, 6) is 1.48. The fourth-order valence-electron chi connectivity index (χ4n) is 5.35. The van der Waals surface area contributed by atoms with Crippen molar-refractivity contribution in [2.45, 2.75) is 38.3 Å². The van der Waals surface area contributed by atoms with E-state index in [-0.39, 0.29) is 24.4 Å². The van der Waals surface area contributed by atoms with Crippen molar-refractivity contribution < 1.29 is 14.3 Å². The SMILES string of the molecule is CCOc1ccc([C@H]2c3[nH]c4ccccc4c3C[C@@H]3C(=O)N(CC4CC4)CC(=O)N23)cc1. The van der Waals surface area contributed by atoms with Gasteiger partial charge < -0.3 is 19.5 Å². The second kappa shape index (κ2) is 7.40. The monoisotopic (exact) mass is 429 g/mol. The van der Waals surface area contributed by atoms with E-state index in [1.54, 1.807) is 4.90 Å². The van der Waals surface area contributed by atoms with Gasteiger partial charge in [0.2, 0.25) is 11.8 Å². The molecule has 0 spiro atoms. The molecule has 2 amide bonds. The van der Waals surface area contributed by atoms with Crippen LogP contribution in [0.4, 0.5) is 0 Å². The Hall–Kier alpha value is -3.28. The van der Waals surface area contributed by atoms with Crippen molar-refractivity contribution in [1.29, 1.82) is 0 Å². The predicted molar refractivity (Wildman–Crippen MR) is 121 cm³/mol. The zero-order valence-corrected chi connectivity index (χ0v) is 18.2. The largest absolute Gasteiger partial charge is 0.494 e. The zero-order chi connectivity index (χ0) is 21.8. The normalized spacial score (nSPS) is 22.8. The van der Waals surface area contributed by atoms with Crippen molar-refractivity contribution in [3.8, 4) is 5.75 Å². The van der Waals surface area contributed by atoms with Crippen molar-refractivity contribution in [1.82, 2.24) is 14.8 Å². The molecule has 2 aromatic carbocycles. The second-order valence-corrected chi connectivity index (χ2v) is 9.15. The van der Waals surface area contributed by atoms with E-state index in [2.05, 4.69) is 17.1 Å². The van der Waals surface area contributed by atoms with Crippen molar-refractivity contribution in [2.75, 3.05) is 19.7 Å². The third kappa shape index (κ3) is 3.08. The molecule has 6 heteroatoms. The number of rotatable bonds is 5. The lowest BCUT2D eigenvalue weighted by molar-refractivity contribution is -0.158. The molecule has 3 aliphatic rings. The van der Waals surface area contributed by atoms with Gasteiger partial charge in [-0.2, -0.15) is 0 Å². The summed E-state index contributed by atoms with van der Waals surface area (Å²) in [5, 5.41) is 1.14. The van der Waals surface area contributed by atoms with Crippen molar-refractivity contribution in [3.05, 3.63) is 65.4 Å². The van der Waals surface area contributed by atoms with E-state index < -0.39 is 6.04 Å². The molecule has 2 fully saturated rings. The number of para-hydroxylation sites is 1. The molecule has 1 N–H and O–H groups in total. The molecular formula is C26H27N3O3. The standard InChI is InChI=1S/C26H27N3O3/c1-2-32-18-11-9-17(10-12-18)25-24-20(19-5-3-4-6-21(19)27-24)13-22-26(31)28(14-16-7-8-16)15-23(30)29(22)25/h3-6,9-12,16,22,25,27H,2,7-8,13-15H2,1H3/t22-,25+/m1/s1. The average molecular weight is 430 g/mol. The lowest BCUT2D eigenvalue weighted by Gasteiger charge is -2.47. The fraction of sp³-hybridized carbons (Fsp3) is 0.385. The summed E-state index contributed by atoms with van der Waals surface area (Å²) in [6.45, 7) is 3.45. The van der Waals surface area contributed by atoms with Crippen LogP contribution in [0.2, 0.25) is 0 Å². The number of hydrogen-bond donors (Lipinski definition) is 1. The van der Waals surface area contributed by atoms with Crippen molar-refractivity contribution in [3.63, 3.8) is 0 Å².